The Morgan fingerprint density at radius 3 is 2.62 bits per heavy atom. The third-order valence-corrected chi connectivity index (χ3v) is 5.69. The molecule has 0 radical (unpaired) electrons. The molecule has 6 heteroatoms. The molecule has 0 bridgehead atoms. The summed E-state index contributed by atoms with van der Waals surface area (Å²) < 4.78 is 37.7. The summed E-state index contributed by atoms with van der Waals surface area (Å²) in [4.78, 5) is 14.2. The zero-order chi connectivity index (χ0) is 17.3. The Morgan fingerprint density at radius 1 is 1.29 bits per heavy atom. The number of carbonyl (C=O) groups excluding carboxylic acids is 1. The summed E-state index contributed by atoms with van der Waals surface area (Å²) >= 11 is 1.49. The fourth-order valence-electron chi connectivity index (χ4n) is 2.99. The Morgan fingerprint density at radius 2 is 2.00 bits per heavy atom. The van der Waals surface area contributed by atoms with E-state index in [9.17, 15) is 18.0 Å². The average molecular weight is 353 g/mol. The minimum absolute atomic E-state index is 0.262. The molecule has 2 nitrogen and oxygen atoms in total. The van der Waals surface area contributed by atoms with E-state index in [4.69, 9.17) is 0 Å². The number of nitrogens with one attached hydrogen (secondary N) is 1. The second kappa shape index (κ2) is 6.59. The predicted molar refractivity (Wildman–Crippen MR) is 89.5 cm³/mol. The number of fused-ring (bicyclic) bond motifs is 1. The Balaban J connectivity index is 1.71. The zero-order valence-corrected chi connectivity index (χ0v) is 14.1. The first-order valence-corrected chi connectivity index (χ1v) is 8.78. The van der Waals surface area contributed by atoms with Gasteiger partial charge < -0.3 is 5.32 Å². The van der Waals surface area contributed by atoms with Gasteiger partial charge in [0.15, 0.2) is 0 Å². The monoisotopic (exact) mass is 353 g/mol. The van der Waals surface area contributed by atoms with E-state index in [1.54, 1.807) is 0 Å². The van der Waals surface area contributed by atoms with Crippen molar-refractivity contribution >= 4 is 22.9 Å². The van der Waals surface area contributed by atoms with Crippen molar-refractivity contribution in [2.24, 2.45) is 5.92 Å². The Bertz CT molecular complexity index is 734. The molecule has 1 heterocycles. The minimum Gasteiger partial charge on any atom is -0.321 e. The second-order valence-electron chi connectivity index (χ2n) is 6.11. The summed E-state index contributed by atoms with van der Waals surface area (Å²) in [7, 11) is 0. The van der Waals surface area contributed by atoms with Crippen molar-refractivity contribution < 1.29 is 18.0 Å². The first kappa shape index (κ1) is 17.0. The number of amides is 1. The SMILES string of the molecule is CCC1CCc2sc(C(=O)Nc3ccc(C(F)(F)F)cc3)cc2C1. The molecule has 3 rings (SSSR count). The summed E-state index contributed by atoms with van der Waals surface area (Å²) in [6, 6.07) is 6.44. The third kappa shape index (κ3) is 3.64. The molecule has 1 aliphatic carbocycles. The highest BCUT2D eigenvalue weighted by Crippen LogP contribution is 2.34. The van der Waals surface area contributed by atoms with Gasteiger partial charge in [0.05, 0.1) is 10.4 Å². The molecule has 1 aromatic carbocycles. The number of thiophene rings is 1. The van der Waals surface area contributed by atoms with E-state index in [1.165, 1.54) is 33.9 Å². The molecule has 1 amide bonds. The zero-order valence-electron chi connectivity index (χ0n) is 13.2. The molecule has 1 atom stereocenters. The number of hydrogen-bond acceptors (Lipinski definition) is 2. The van der Waals surface area contributed by atoms with Gasteiger partial charge in [-0.05, 0) is 61.1 Å². The van der Waals surface area contributed by atoms with Gasteiger partial charge in [0.1, 0.15) is 0 Å². The molecular weight excluding hydrogens is 335 g/mol. The summed E-state index contributed by atoms with van der Waals surface area (Å²) in [6.45, 7) is 2.18. The van der Waals surface area contributed by atoms with Gasteiger partial charge in [-0.15, -0.1) is 11.3 Å². The molecule has 0 saturated heterocycles. The van der Waals surface area contributed by atoms with Crippen LogP contribution in [0.15, 0.2) is 30.3 Å². The van der Waals surface area contributed by atoms with Crippen LogP contribution in [0.5, 0.6) is 0 Å². The van der Waals surface area contributed by atoms with Crippen LogP contribution in [0, 0.1) is 5.92 Å². The van der Waals surface area contributed by atoms with Crippen LogP contribution in [0.4, 0.5) is 18.9 Å². The third-order valence-electron chi connectivity index (χ3n) is 4.46. The van der Waals surface area contributed by atoms with Gasteiger partial charge in [0, 0.05) is 10.6 Å². The lowest BCUT2D eigenvalue weighted by molar-refractivity contribution is -0.137. The first-order valence-electron chi connectivity index (χ1n) is 7.97. The van der Waals surface area contributed by atoms with Gasteiger partial charge in [-0.25, -0.2) is 0 Å². The first-order chi connectivity index (χ1) is 11.4. The maximum atomic E-state index is 12.6. The Kier molecular flexibility index (Phi) is 4.67. The summed E-state index contributed by atoms with van der Waals surface area (Å²) in [5.41, 5.74) is 0.888. The normalized spacial score (nSPS) is 17.4. The Labute approximate surface area is 142 Å². The molecule has 1 aliphatic rings. The highest BCUT2D eigenvalue weighted by Gasteiger charge is 2.30. The number of anilines is 1. The van der Waals surface area contributed by atoms with E-state index >= 15 is 0 Å². The highest BCUT2D eigenvalue weighted by atomic mass is 32.1. The standard InChI is InChI=1S/C18H18F3NOS/c1-2-11-3-8-15-12(9-11)10-16(24-15)17(23)22-14-6-4-13(5-7-14)18(19,20)21/h4-7,10-11H,2-3,8-9H2,1H3,(H,22,23). The minimum atomic E-state index is -4.37. The van der Waals surface area contributed by atoms with E-state index < -0.39 is 11.7 Å². The van der Waals surface area contributed by atoms with Crippen molar-refractivity contribution in [2.75, 3.05) is 5.32 Å². The van der Waals surface area contributed by atoms with Crippen LogP contribution >= 0.6 is 11.3 Å². The lowest BCUT2D eigenvalue weighted by Crippen LogP contribution is -2.11. The lowest BCUT2D eigenvalue weighted by atomic mass is 9.87. The lowest BCUT2D eigenvalue weighted by Gasteiger charge is -2.19. The number of alkyl halides is 3. The van der Waals surface area contributed by atoms with E-state index in [1.807, 2.05) is 6.07 Å². The van der Waals surface area contributed by atoms with Gasteiger partial charge >= 0.3 is 6.18 Å². The number of halogens is 3. The number of rotatable bonds is 3. The average Bonchev–Trinajstić information content (AvgIpc) is 2.97. The molecule has 0 saturated carbocycles. The van der Waals surface area contributed by atoms with Crippen molar-refractivity contribution in [1.29, 1.82) is 0 Å². The van der Waals surface area contributed by atoms with Crippen LogP contribution in [0.3, 0.4) is 0 Å². The van der Waals surface area contributed by atoms with Crippen molar-refractivity contribution in [3.63, 3.8) is 0 Å². The molecule has 24 heavy (non-hydrogen) atoms. The fraction of sp³-hybridized carbons (Fsp3) is 0.389. The smallest absolute Gasteiger partial charge is 0.321 e. The molecule has 2 aromatic rings. The second-order valence-corrected chi connectivity index (χ2v) is 7.24. The van der Waals surface area contributed by atoms with Crippen molar-refractivity contribution in [1.82, 2.24) is 0 Å². The van der Waals surface area contributed by atoms with Crippen LogP contribution < -0.4 is 5.32 Å². The molecule has 1 aromatic heterocycles. The van der Waals surface area contributed by atoms with Crippen molar-refractivity contribution in [3.8, 4) is 0 Å². The molecule has 128 valence electrons. The predicted octanol–water partition coefficient (Wildman–Crippen LogP) is 5.53. The summed E-state index contributed by atoms with van der Waals surface area (Å²) in [5, 5.41) is 2.68. The van der Waals surface area contributed by atoms with E-state index in [-0.39, 0.29) is 5.91 Å². The van der Waals surface area contributed by atoms with Gasteiger partial charge in [0.25, 0.3) is 5.91 Å². The molecule has 1 unspecified atom stereocenters. The number of hydrogen-bond donors (Lipinski definition) is 1. The van der Waals surface area contributed by atoms with Gasteiger partial charge in [-0.1, -0.05) is 13.3 Å². The quantitative estimate of drug-likeness (QED) is 0.772. The van der Waals surface area contributed by atoms with Crippen LogP contribution in [0.1, 0.15) is 45.4 Å². The van der Waals surface area contributed by atoms with Gasteiger partial charge in [-0.3, -0.25) is 4.79 Å². The largest absolute Gasteiger partial charge is 0.416 e. The molecule has 0 fully saturated rings. The number of aryl methyl sites for hydroxylation is 1. The van der Waals surface area contributed by atoms with Gasteiger partial charge in [-0.2, -0.15) is 13.2 Å². The van der Waals surface area contributed by atoms with E-state index in [0.29, 0.717) is 16.5 Å². The molecule has 0 aliphatic heterocycles. The summed E-state index contributed by atoms with van der Waals surface area (Å²) in [5.74, 6) is 0.417. The van der Waals surface area contributed by atoms with Crippen LogP contribution in [0.2, 0.25) is 0 Å². The Hall–Kier alpha value is -1.82. The molecular formula is C18H18F3NOS. The van der Waals surface area contributed by atoms with Gasteiger partial charge in [0.2, 0.25) is 0 Å². The van der Waals surface area contributed by atoms with Crippen molar-refractivity contribution in [2.45, 2.75) is 38.8 Å². The fourth-order valence-corrected chi connectivity index (χ4v) is 4.10. The molecule has 1 N–H and O–H groups in total. The maximum Gasteiger partial charge on any atom is 0.416 e. The topological polar surface area (TPSA) is 29.1 Å². The number of benzene rings is 1. The molecule has 0 spiro atoms. The maximum absolute atomic E-state index is 12.6. The van der Waals surface area contributed by atoms with Crippen molar-refractivity contribution in [3.05, 3.63) is 51.2 Å². The number of carbonyl (C=O) groups is 1. The van der Waals surface area contributed by atoms with Crippen LogP contribution in [-0.2, 0) is 19.0 Å². The van der Waals surface area contributed by atoms with Crippen LogP contribution in [0.25, 0.3) is 0 Å². The van der Waals surface area contributed by atoms with E-state index in [2.05, 4.69) is 12.2 Å². The van der Waals surface area contributed by atoms with Crippen LogP contribution in [-0.4, -0.2) is 5.91 Å². The van der Waals surface area contributed by atoms with E-state index in [0.717, 1.165) is 37.8 Å². The summed E-state index contributed by atoms with van der Waals surface area (Å²) in [6.07, 6.45) is -0.0561. The highest BCUT2D eigenvalue weighted by molar-refractivity contribution is 7.14.